The number of anilines is 2. The number of hydrogen-bond acceptors (Lipinski definition) is 8. The summed E-state index contributed by atoms with van der Waals surface area (Å²) >= 11 is 0. The number of aromatic nitrogens is 3. The maximum absolute atomic E-state index is 5.66. The number of benzene rings is 1. The lowest BCUT2D eigenvalue weighted by molar-refractivity contribution is 0.237. The predicted octanol–water partition coefficient (Wildman–Crippen LogP) is 1.39. The van der Waals surface area contributed by atoms with Crippen molar-refractivity contribution in [3.8, 4) is 11.5 Å². The molecule has 24 heavy (non-hydrogen) atoms. The molecule has 128 valence electrons. The number of likely N-dealkylation sites (tertiary alicyclic amines) is 1. The van der Waals surface area contributed by atoms with Gasteiger partial charge < -0.3 is 20.9 Å². The van der Waals surface area contributed by atoms with Crippen LogP contribution in [0.5, 0.6) is 11.5 Å². The van der Waals surface area contributed by atoms with Gasteiger partial charge in [0, 0.05) is 17.7 Å². The van der Waals surface area contributed by atoms with E-state index < -0.39 is 0 Å². The topological polar surface area (TPSA) is 112 Å². The van der Waals surface area contributed by atoms with E-state index in [1.165, 1.54) is 0 Å². The quantitative estimate of drug-likeness (QED) is 0.845. The molecule has 8 nitrogen and oxygen atoms in total. The minimum Gasteiger partial charge on any atom is -0.497 e. The van der Waals surface area contributed by atoms with Crippen LogP contribution in [0.1, 0.15) is 30.3 Å². The molecule has 0 aliphatic carbocycles. The molecule has 1 saturated heterocycles. The van der Waals surface area contributed by atoms with Gasteiger partial charge in [-0.3, -0.25) is 4.90 Å². The van der Waals surface area contributed by atoms with Crippen molar-refractivity contribution in [3.05, 3.63) is 29.6 Å². The molecular formula is C16H22N6O2. The van der Waals surface area contributed by atoms with Gasteiger partial charge in [0.05, 0.1) is 20.8 Å². The van der Waals surface area contributed by atoms with E-state index in [1.54, 1.807) is 14.2 Å². The Morgan fingerprint density at radius 2 is 1.88 bits per heavy atom. The molecule has 0 saturated carbocycles. The monoisotopic (exact) mass is 330 g/mol. The van der Waals surface area contributed by atoms with E-state index in [0.29, 0.717) is 12.4 Å². The SMILES string of the molecule is COc1ccc([C@@H]2CCCN2Cc2nc(N)nc(N)n2)c(OC)c1. The Balaban J connectivity index is 1.85. The van der Waals surface area contributed by atoms with Crippen LogP contribution in [0.4, 0.5) is 11.9 Å². The minimum absolute atomic E-state index is 0.148. The zero-order valence-electron chi connectivity index (χ0n) is 13.9. The maximum Gasteiger partial charge on any atom is 0.225 e. The van der Waals surface area contributed by atoms with Crippen molar-refractivity contribution in [1.82, 2.24) is 19.9 Å². The van der Waals surface area contributed by atoms with Crippen LogP contribution in [0.15, 0.2) is 18.2 Å². The summed E-state index contributed by atoms with van der Waals surface area (Å²) in [6, 6.07) is 6.14. The first-order valence-electron chi connectivity index (χ1n) is 7.82. The Hall–Kier alpha value is -2.61. The van der Waals surface area contributed by atoms with E-state index in [4.69, 9.17) is 20.9 Å². The highest BCUT2D eigenvalue weighted by atomic mass is 16.5. The van der Waals surface area contributed by atoms with Gasteiger partial charge >= 0.3 is 0 Å². The van der Waals surface area contributed by atoms with E-state index in [-0.39, 0.29) is 17.9 Å². The Morgan fingerprint density at radius 3 is 2.54 bits per heavy atom. The molecule has 0 spiro atoms. The van der Waals surface area contributed by atoms with E-state index in [2.05, 4.69) is 25.9 Å². The summed E-state index contributed by atoms with van der Waals surface area (Å²) < 4.78 is 10.8. The Bertz CT molecular complexity index is 703. The largest absolute Gasteiger partial charge is 0.497 e. The van der Waals surface area contributed by atoms with E-state index in [1.807, 2.05) is 12.1 Å². The Morgan fingerprint density at radius 1 is 1.12 bits per heavy atom. The molecule has 4 N–H and O–H groups in total. The highest BCUT2D eigenvalue weighted by Gasteiger charge is 2.29. The van der Waals surface area contributed by atoms with Crippen LogP contribution in [0.3, 0.4) is 0 Å². The molecule has 0 unspecified atom stereocenters. The molecule has 0 amide bonds. The average molecular weight is 330 g/mol. The summed E-state index contributed by atoms with van der Waals surface area (Å²) in [5.74, 6) is 2.48. The standard InChI is InChI=1S/C16H22N6O2/c1-23-10-5-6-11(13(8-10)24-2)12-4-3-7-22(12)9-14-19-15(17)21-16(18)20-14/h5-6,8,12H,3-4,7,9H2,1-2H3,(H4,17,18,19,20,21)/t12-/m0/s1. The van der Waals surface area contributed by atoms with E-state index in [0.717, 1.165) is 36.4 Å². The summed E-state index contributed by atoms with van der Waals surface area (Å²) in [7, 11) is 3.32. The summed E-state index contributed by atoms with van der Waals surface area (Å²) in [4.78, 5) is 14.5. The summed E-state index contributed by atoms with van der Waals surface area (Å²) in [5.41, 5.74) is 12.5. The zero-order chi connectivity index (χ0) is 17.1. The van der Waals surface area contributed by atoms with Crippen molar-refractivity contribution in [3.63, 3.8) is 0 Å². The summed E-state index contributed by atoms with van der Waals surface area (Å²) in [6.45, 7) is 1.52. The van der Waals surface area contributed by atoms with Gasteiger partial charge in [-0.25, -0.2) is 0 Å². The number of nitrogens with zero attached hydrogens (tertiary/aromatic N) is 4. The molecule has 2 heterocycles. The van der Waals surface area contributed by atoms with Gasteiger partial charge in [0.15, 0.2) is 0 Å². The number of rotatable bonds is 5. The molecule has 1 aliphatic rings. The third-order valence-electron chi connectivity index (χ3n) is 4.22. The van der Waals surface area contributed by atoms with Crippen LogP contribution in [0.25, 0.3) is 0 Å². The average Bonchev–Trinajstić information content (AvgIpc) is 3.01. The molecule has 1 fully saturated rings. The second-order valence-corrected chi connectivity index (χ2v) is 5.70. The lowest BCUT2D eigenvalue weighted by atomic mass is 10.0. The van der Waals surface area contributed by atoms with Gasteiger partial charge in [0.1, 0.15) is 17.3 Å². The normalized spacial score (nSPS) is 17.8. The van der Waals surface area contributed by atoms with Gasteiger partial charge in [-0.1, -0.05) is 6.07 Å². The first kappa shape index (κ1) is 16.3. The predicted molar refractivity (Wildman–Crippen MR) is 90.6 cm³/mol. The molecule has 1 aliphatic heterocycles. The first-order chi connectivity index (χ1) is 11.6. The van der Waals surface area contributed by atoms with Crippen LogP contribution in [-0.2, 0) is 6.54 Å². The number of nitrogen functional groups attached to an aromatic ring is 2. The molecule has 1 aromatic heterocycles. The highest BCUT2D eigenvalue weighted by molar-refractivity contribution is 5.43. The third kappa shape index (κ3) is 3.33. The molecular weight excluding hydrogens is 308 g/mol. The second kappa shape index (κ2) is 6.88. The van der Waals surface area contributed by atoms with Gasteiger partial charge in [-0.05, 0) is 25.5 Å². The molecule has 0 bridgehead atoms. The third-order valence-corrected chi connectivity index (χ3v) is 4.22. The summed E-state index contributed by atoms with van der Waals surface area (Å²) in [5, 5.41) is 0. The minimum atomic E-state index is 0.148. The van der Waals surface area contributed by atoms with E-state index >= 15 is 0 Å². The number of nitrogens with two attached hydrogens (primary N) is 2. The number of methoxy groups -OCH3 is 2. The number of hydrogen-bond donors (Lipinski definition) is 2. The van der Waals surface area contributed by atoms with Crippen LogP contribution in [-0.4, -0.2) is 40.6 Å². The second-order valence-electron chi connectivity index (χ2n) is 5.70. The fourth-order valence-electron chi connectivity index (χ4n) is 3.17. The number of ether oxygens (including phenoxy) is 2. The highest BCUT2D eigenvalue weighted by Crippen LogP contribution is 2.39. The lowest BCUT2D eigenvalue weighted by Gasteiger charge is -2.25. The van der Waals surface area contributed by atoms with Crippen LogP contribution in [0, 0.1) is 0 Å². The van der Waals surface area contributed by atoms with Crippen molar-refractivity contribution in [2.24, 2.45) is 0 Å². The molecule has 1 aromatic carbocycles. The van der Waals surface area contributed by atoms with Crippen molar-refractivity contribution < 1.29 is 9.47 Å². The van der Waals surface area contributed by atoms with Crippen LogP contribution >= 0.6 is 0 Å². The van der Waals surface area contributed by atoms with Gasteiger partial charge in [-0.2, -0.15) is 15.0 Å². The Labute approximate surface area is 140 Å². The van der Waals surface area contributed by atoms with Crippen molar-refractivity contribution in [1.29, 1.82) is 0 Å². The zero-order valence-corrected chi connectivity index (χ0v) is 13.9. The fourth-order valence-corrected chi connectivity index (χ4v) is 3.17. The molecule has 2 aromatic rings. The van der Waals surface area contributed by atoms with Gasteiger partial charge in [0.25, 0.3) is 0 Å². The molecule has 0 radical (unpaired) electrons. The molecule has 3 rings (SSSR count). The van der Waals surface area contributed by atoms with Crippen LogP contribution < -0.4 is 20.9 Å². The first-order valence-corrected chi connectivity index (χ1v) is 7.82. The molecule has 8 heteroatoms. The van der Waals surface area contributed by atoms with Crippen molar-refractivity contribution >= 4 is 11.9 Å². The van der Waals surface area contributed by atoms with Gasteiger partial charge in [0.2, 0.25) is 11.9 Å². The van der Waals surface area contributed by atoms with Crippen LogP contribution in [0.2, 0.25) is 0 Å². The summed E-state index contributed by atoms with van der Waals surface area (Å²) in [6.07, 6.45) is 2.13. The van der Waals surface area contributed by atoms with Crippen molar-refractivity contribution in [2.75, 3.05) is 32.2 Å². The fraction of sp³-hybridized carbons (Fsp3) is 0.438. The molecule has 1 atom stereocenters. The Kier molecular flexibility index (Phi) is 4.66. The maximum atomic E-state index is 5.66. The lowest BCUT2D eigenvalue weighted by Crippen LogP contribution is -2.25. The smallest absolute Gasteiger partial charge is 0.225 e. The van der Waals surface area contributed by atoms with Crippen molar-refractivity contribution in [2.45, 2.75) is 25.4 Å². The van der Waals surface area contributed by atoms with E-state index in [9.17, 15) is 0 Å². The van der Waals surface area contributed by atoms with Gasteiger partial charge in [-0.15, -0.1) is 0 Å².